The molecule has 116 valence electrons. The van der Waals surface area contributed by atoms with Crippen LogP contribution in [0.25, 0.3) is 0 Å². The van der Waals surface area contributed by atoms with Crippen LogP contribution in [0.15, 0.2) is 24.3 Å². The van der Waals surface area contributed by atoms with Crippen molar-refractivity contribution in [2.75, 3.05) is 26.9 Å². The summed E-state index contributed by atoms with van der Waals surface area (Å²) >= 11 is 0. The molecule has 3 heteroatoms. The van der Waals surface area contributed by atoms with Crippen molar-refractivity contribution in [2.45, 2.75) is 44.1 Å². The van der Waals surface area contributed by atoms with Crippen molar-refractivity contribution in [2.24, 2.45) is 5.92 Å². The summed E-state index contributed by atoms with van der Waals surface area (Å²) in [5, 5.41) is 3.89. The Morgan fingerprint density at radius 3 is 2.81 bits per heavy atom. The molecule has 1 saturated heterocycles. The monoisotopic (exact) mass is 289 g/mol. The Balaban J connectivity index is 1.88. The van der Waals surface area contributed by atoms with Gasteiger partial charge in [0, 0.05) is 18.2 Å². The number of hydrogen-bond donors (Lipinski definition) is 1. The van der Waals surface area contributed by atoms with Gasteiger partial charge in [0.2, 0.25) is 0 Å². The van der Waals surface area contributed by atoms with Gasteiger partial charge in [-0.2, -0.15) is 0 Å². The van der Waals surface area contributed by atoms with Gasteiger partial charge in [-0.15, -0.1) is 0 Å². The van der Waals surface area contributed by atoms with Crippen molar-refractivity contribution in [1.29, 1.82) is 0 Å². The van der Waals surface area contributed by atoms with Gasteiger partial charge in [-0.3, -0.25) is 0 Å². The molecular weight excluding hydrogens is 262 g/mol. The van der Waals surface area contributed by atoms with Crippen LogP contribution >= 0.6 is 0 Å². The third-order valence-corrected chi connectivity index (χ3v) is 4.88. The van der Waals surface area contributed by atoms with E-state index in [9.17, 15) is 0 Å². The maximum atomic E-state index is 6.01. The zero-order valence-electron chi connectivity index (χ0n) is 13.1. The van der Waals surface area contributed by atoms with E-state index < -0.39 is 0 Å². The van der Waals surface area contributed by atoms with Crippen LogP contribution in [0.3, 0.4) is 0 Å². The molecule has 21 heavy (non-hydrogen) atoms. The minimum Gasteiger partial charge on any atom is -0.491 e. The van der Waals surface area contributed by atoms with E-state index in [-0.39, 0.29) is 5.54 Å². The SMILES string of the molecule is COCCOc1ccccc1C1(C2CC2)CCCCCN1. The standard InChI is InChI=1S/C18H27NO2/c1-20-13-14-21-17-8-4-3-7-16(17)18(15-9-10-15)11-5-2-6-12-19-18/h3-4,7-8,15,19H,2,5-6,9-14H2,1H3. The molecular formula is C18H27NO2. The maximum Gasteiger partial charge on any atom is 0.124 e. The van der Waals surface area contributed by atoms with Gasteiger partial charge in [0.25, 0.3) is 0 Å². The summed E-state index contributed by atoms with van der Waals surface area (Å²) in [6, 6.07) is 8.60. The van der Waals surface area contributed by atoms with Crippen LogP contribution in [-0.2, 0) is 10.3 Å². The Morgan fingerprint density at radius 1 is 1.14 bits per heavy atom. The van der Waals surface area contributed by atoms with Gasteiger partial charge < -0.3 is 14.8 Å². The third-order valence-electron chi connectivity index (χ3n) is 4.88. The Labute approximate surface area is 128 Å². The Morgan fingerprint density at radius 2 is 2.00 bits per heavy atom. The lowest BCUT2D eigenvalue weighted by atomic mass is 9.80. The normalized spacial score (nSPS) is 26.3. The Kier molecular flexibility index (Phi) is 4.81. The van der Waals surface area contributed by atoms with E-state index in [0.717, 1.165) is 18.2 Å². The van der Waals surface area contributed by atoms with Gasteiger partial charge in [-0.25, -0.2) is 0 Å². The topological polar surface area (TPSA) is 30.5 Å². The van der Waals surface area contributed by atoms with Crippen LogP contribution in [0.1, 0.15) is 44.1 Å². The fraction of sp³-hybridized carbons (Fsp3) is 0.667. The molecule has 0 spiro atoms. The van der Waals surface area contributed by atoms with E-state index in [1.807, 2.05) is 0 Å². The molecule has 0 aromatic heterocycles. The van der Waals surface area contributed by atoms with Crippen LogP contribution in [0.5, 0.6) is 5.75 Å². The average molecular weight is 289 g/mol. The highest BCUT2D eigenvalue weighted by atomic mass is 16.5. The fourth-order valence-electron chi connectivity index (χ4n) is 3.68. The first-order valence-electron chi connectivity index (χ1n) is 8.33. The van der Waals surface area contributed by atoms with Gasteiger partial charge in [0.05, 0.1) is 6.61 Å². The molecule has 0 amide bonds. The molecule has 0 bridgehead atoms. The van der Waals surface area contributed by atoms with Gasteiger partial charge in [-0.05, 0) is 44.2 Å². The first-order chi connectivity index (χ1) is 10.4. The quantitative estimate of drug-likeness (QED) is 0.813. The van der Waals surface area contributed by atoms with Crippen molar-refractivity contribution < 1.29 is 9.47 Å². The van der Waals surface area contributed by atoms with E-state index in [4.69, 9.17) is 9.47 Å². The summed E-state index contributed by atoms with van der Waals surface area (Å²) in [6.45, 7) is 2.38. The van der Waals surface area contributed by atoms with Crippen LogP contribution < -0.4 is 10.1 Å². The number of ether oxygens (including phenoxy) is 2. The largest absolute Gasteiger partial charge is 0.491 e. The smallest absolute Gasteiger partial charge is 0.124 e. The molecule has 3 nitrogen and oxygen atoms in total. The highest BCUT2D eigenvalue weighted by molar-refractivity contribution is 5.41. The molecule has 1 aromatic carbocycles. The van der Waals surface area contributed by atoms with Crippen molar-refractivity contribution >= 4 is 0 Å². The summed E-state index contributed by atoms with van der Waals surface area (Å²) in [5.74, 6) is 1.82. The second-order valence-electron chi connectivity index (χ2n) is 6.32. The predicted octanol–water partition coefficient (Wildman–Crippen LogP) is 3.48. The molecule has 1 heterocycles. The summed E-state index contributed by atoms with van der Waals surface area (Å²) in [7, 11) is 1.72. The van der Waals surface area contributed by atoms with Gasteiger partial charge in [-0.1, -0.05) is 31.0 Å². The van der Waals surface area contributed by atoms with E-state index >= 15 is 0 Å². The number of benzene rings is 1. The molecule has 3 rings (SSSR count). The summed E-state index contributed by atoms with van der Waals surface area (Å²) in [4.78, 5) is 0. The Bertz CT molecular complexity index is 448. The van der Waals surface area contributed by atoms with Crippen molar-refractivity contribution in [3.05, 3.63) is 29.8 Å². The lowest BCUT2D eigenvalue weighted by Gasteiger charge is -2.36. The van der Waals surface area contributed by atoms with Gasteiger partial charge in [0.1, 0.15) is 12.4 Å². The molecule has 2 fully saturated rings. The van der Waals surface area contributed by atoms with Gasteiger partial charge in [0.15, 0.2) is 0 Å². The van der Waals surface area contributed by atoms with Gasteiger partial charge >= 0.3 is 0 Å². The number of rotatable bonds is 6. The molecule has 2 aliphatic rings. The highest BCUT2D eigenvalue weighted by Crippen LogP contribution is 2.51. The minimum absolute atomic E-state index is 0.139. The molecule has 0 radical (unpaired) electrons. The molecule has 1 atom stereocenters. The molecule has 1 saturated carbocycles. The summed E-state index contributed by atoms with van der Waals surface area (Å²) in [5.41, 5.74) is 1.51. The van der Waals surface area contributed by atoms with Crippen molar-refractivity contribution in [3.8, 4) is 5.75 Å². The van der Waals surface area contributed by atoms with Crippen LogP contribution in [0.4, 0.5) is 0 Å². The fourth-order valence-corrected chi connectivity index (χ4v) is 3.68. The zero-order chi connectivity index (χ0) is 14.5. The highest BCUT2D eigenvalue weighted by Gasteiger charge is 2.47. The first kappa shape index (κ1) is 14.9. The summed E-state index contributed by atoms with van der Waals surface area (Å²) < 4.78 is 11.1. The van der Waals surface area contributed by atoms with E-state index in [1.54, 1.807) is 7.11 Å². The zero-order valence-corrected chi connectivity index (χ0v) is 13.1. The molecule has 1 aromatic rings. The van der Waals surface area contributed by atoms with Crippen molar-refractivity contribution in [1.82, 2.24) is 5.32 Å². The minimum atomic E-state index is 0.139. The van der Waals surface area contributed by atoms with Crippen LogP contribution in [0.2, 0.25) is 0 Å². The lowest BCUT2D eigenvalue weighted by molar-refractivity contribution is 0.143. The third kappa shape index (κ3) is 3.24. The first-order valence-corrected chi connectivity index (χ1v) is 8.33. The second kappa shape index (κ2) is 6.80. The number of nitrogens with one attached hydrogen (secondary N) is 1. The molecule has 1 unspecified atom stereocenters. The lowest BCUT2D eigenvalue weighted by Crippen LogP contribution is -2.44. The average Bonchev–Trinajstić information content (AvgIpc) is 3.35. The molecule has 1 aliphatic heterocycles. The number of hydrogen-bond acceptors (Lipinski definition) is 3. The molecule has 1 N–H and O–H groups in total. The second-order valence-corrected chi connectivity index (χ2v) is 6.32. The Hall–Kier alpha value is -1.06. The number of para-hydroxylation sites is 1. The van der Waals surface area contributed by atoms with E-state index in [0.29, 0.717) is 13.2 Å². The summed E-state index contributed by atoms with van der Waals surface area (Å²) in [6.07, 6.45) is 7.88. The van der Waals surface area contributed by atoms with E-state index in [1.165, 1.54) is 44.1 Å². The van der Waals surface area contributed by atoms with Crippen molar-refractivity contribution in [3.63, 3.8) is 0 Å². The van der Waals surface area contributed by atoms with Crippen LogP contribution in [0, 0.1) is 5.92 Å². The predicted molar refractivity (Wildman–Crippen MR) is 84.7 cm³/mol. The number of methoxy groups -OCH3 is 1. The maximum absolute atomic E-state index is 6.01. The van der Waals surface area contributed by atoms with Crippen LogP contribution in [-0.4, -0.2) is 26.9 Å². The molecule has 1 aliphatic carbocycles. The van der Waals surface area contributed by atoms with E-state index in [2.05, 4.69) is 29.6 Å².